The van der Waals surface area contributed by atoms with E-state index in [0.29, 0.717) is 29.8 Å². The molecule has 1 aromatic heterocycles. The molecule has 6 amide bonds. The molecule has 1 unspecified atom stereocenters. The molecule has 1 heterocycles. The smallest absolute Gasteiger partial charge is 0.322 e. The van der Waals surface area contributed by atoms with Gasteiger partial charge in [-0.3, -0.25) is 43.2 Å². The van der Waals surface area contributed by atoms with Crippen molar-refractivity contribution in [1.29, 1.82) is 0 Å². The zero-order valence-electron chi connectivity index (χ0n) is 30.3. The van der Waals surface area contributed by atoms with E-state index >= 15 is 0 Å². The van der Waals surface area contributed by atoms with Crippen LogP contribution in [0, 0.1) is 0 Å². The predicted octanol–water partition coefficient (Wildman–Crippen LogP) is -2.22. The normalized spacial score (nSPS) is 12.1. The van der Waals surface area contributed by atoms with Gasteiger partial charge in [0.05, 0.1) is 31.3 Å². The summed E-state index contributed by atoms with van der Waals surface area (Å²) in [4.78, 5) is 117. The Morgan fingerprint density at radius 2 is 1.38 bits per heavy atom. The number of carbonyl (C=O) groups is 9. The molecule has 3 atom stereocenters. The molecule has 0 spiro atoms. The number of hydrogen-bond acceptors (Lipinski definition) is 14. The van der Waals surface area contributed by atoms with E-state index in [2.05, 4.69) is 42.0 Å². The van der Waals surface area contributed by atoms with Crippen molar-refractivity contribution in [3.05, 3.63) is 47.4 Å². The topological polar surface area (TPSA) is 376 Å². The molecule has 0 saturated heterocycles. The van der Waals surface area contributed by atoms with Crippen molar-refractivity contribution in [3.63, 3.8) is 0 Å². The van der Waals surface area contributed by atoms with E-state index in [0.717, 1.165) is 0 Å². The van der Waals surface area contributed by atoms with E-state index in [1.54, 1.807) is 19.1 Å². The molecule has 0 saturated carbocycles. The minimum atomic E-state index is -1.70. The minimum Gasteiger partial charge on any atom is -0.481 e. The highest BCUT2D eigenvalue weighted by molar-refractivity contribution is 5.97. The summed E-state index contributed by atoms with van der Waals surface area (Å²) in [6.45, 7) is 1.14. The molecule has 1 aromatic carbocycles. The number of benzene rings is 1. The Bertz CT molecular complexity index is 1760. The standard InChI is InChI=1S/C33H45N11O12/c1-2-3-5-20(32(55)43-21(12-24(46)47)31(54)39-16-26(50)51)42-33(56)22(13-25(48)49)41-23(45)6-4-11-36-30(53)17-7-9-18(10-8-17)37-14-19-15-38-29(44-35)27(40-19)28(34)52/h7-10,15,20-22,37H,2-6,11-14,16,35H2,1H3,(H2,34,52)(H,36,53)(H,38,44)(H,39,54)(H,41,45)(H,42,56)(H,43,55)(H,46,47)(H,48,49)(H,50,51)/t20?,21-,22-/m0/s1. The molecule has 23 heteroatoms. The Hall–Kier alpha value is -6.91. The van der Waals surface area contributed by atoms with Gasteiger partial charge in [-0.1, -0.05) is 19.8 Å². The van der Waals surface area contributed by atoms with Crippen LogP contribution in [0.15, 0.2) is 30.5 Å². The fourth-order valence-corrected chi connectivity index (χ4v) is 4.82. The molecule has 2 rings (SSSR count). The van der Waals surface area contributed by atoms with Crippen LogP contribution in [0.2, 0.25) is 0 Å². The van der Waals surface area contributed by atoms with Crippen molar-refractivity contribution in [2.45, 2.75) is 76.5 Å². The van der Waals surface area contributed by atoms with Crippen LogP contribution in [0.25, 0.3) is 0 Å². The maximum absolute atomic E-state index is 13.1. The van der Waals surface area contributed by atoms with Crippen LogP contribution in [0.3, 0.4) is 0 Å². The third kappa shape index (κ3) is 16.0. The molecule has 0 bridgehead atoms. The summed E-state index contributed by atoms with van der Waals surface area (Å²) in [7, 11) is 0. The highest BCUT2D eigenvalue weighted by Gasteiger charge is 2.31. The maximum Gasteiger partial charge on any atom is 0.322 e. The van der Waals surface area contributed by atoms with Gasteiger partial charge in [0, 0.05) is 24.2 Å². The third-order valence-corrected chi connectivity index (χ3v) is 7.61. The molecule has 23 nitrogen and oxygen atoms in total. The molecule has 304 valence electrons. The average Bonchev–Trinajstić information content (AvgIpc) is 3.15. The van der Waals surface area contributed by atoms with Crippen molar-refractivity contribution in [2.75, 3.05) is 23.8 Å². The number of carboxylic acid groups (broad SMARTS) is 3. The first-order chi connectivity index (χ1) is 26.5. The van der Waals surface area contributed by atoms with E-state index in [4.69, 9.17) is 16.7 Å². The van der Waals surface area contributed by atoms with Crippen molar-refractivity contribution in [2.24, 2.45) is 11.6 Å². The van der Waals surface area contributed by atoms with Crippen LogP contribution >= 0.6 is 0 Å². The van der Waals surface area contributed by atoms with Crippen LogP contribution in [-0.2, 0) is 40.1 Å². The van der Waals surface area contributed by atoms with E-state index in [9.17, 15) is 53.4 Å². The van der Waals surface area contributed by atoms with Gasteiger partial charge in [-0.2, -0.15) is 0 Å². The lowest BCUT2D eigenvalue weighted by Crippen LogP contribution is -2.57. The molecule has 56 heavy (non-hydrogen) atoms. The molecule has 14 N–H and O–H groups in total. The number of primary amides is 1. The van der Waals surface area contributed by atoms with E-state index in [-0.39, 0.29) is 43.9 Å². The number of anilines is 2. The summed E-state index contributed by atoms with van der Waals surface area (Å²) in [5.41, 5.74) is 8.70. The van der Waals surface area contributed by atoms with Gasteiger partial charge in [-0.15, -0.1) is 0 Å². The number of nitrogen functional groups attached to an aromatic ring is 1. The molecule has 2 aromatic rings. The lowest BCUT2D eigenvalue weighted by atomic mass is 10.1. The lowest BCUT2D eigenvalue weighted by molar-refractivity contribution is -0.141. The van der Waals surface area contributed by atoms with Crippen LogP contribution in [0.1, 0.15) is 78.4 Å². The first-order valence-corrected chi connectivity index (χ1v) is 17.1. The summed E-state index contributed by atoms with van der Waals surface area (Å²) in [6, 6.07) is 1.61. The highest BCUT2D eigenvalue weighted by atomic mass is 16.4. The van der Waals surface area contributed by atoms with Crippen LogP contribution < -0.4 is 48.9 Å². The Labute approximate surface area is 319 Å². The fourth-order valence-electron chi connectivity index (χ4n) is 4.82. The lowest BCUT2D eigenvalue weighted by Gasteiger charge is -2.24. The largest absolute Gasteiger partial charge is 0.481 e. The number of carboxylic acids is 3. The second-order valence-electron chi connectivity index (χ2n) is 12.0. The monoisotopic (exact) mass is 787 g/mol. The number of nitrogens with zero attached hydrogens (tertiary/aromatic N) is 2. The number of unbranched alkanes of at least 4 members (excludes halogenated alkanes) is 1. The van der Waals surface area contributed by atoms with E-state index in [1.165, 1.54) is 18.3 Å². The number of aromatic nitrogens is 2. The van der Waals surface area contributed by atoms with Gasteiger partial charge in [-0.05, 0) is 37.1 Å². The van der Waals surface area contributed by atoms with Gasteiger partial charge in [0.2, 0.25) is 23.6 Å². The summed E-state index contributed by atoms with van der Waals surface area (Å²) < 4.78 is 0. The quantitative estimate of drug-likeness (QED) is 0.0288. The number of nitrogens with two attached hydrogens (primary N) is 2. The minimum absolute atomic E-state index is 0.00620. The number of rotatable bonds is 25. The van der Waals surface area contributed by atoms with Crippen LogP contribution in [0.5, 0.6) is 0 Å². The van der Waals surface area contributed by atoms with Gasteiger partial charge in [0.1, 0.15) is 24.7 Å². The maximum atomic E-state index is 13.1. The van der Waals surface area contributed by atoms with E-state index in [1.807, 2.05) is 5.32 Å². The zero-order chi connectivity index (χ0) is 41.8. The summed E-state index contributed by atoms with van der Waals surface area (Å²) in [5.74, 6) is -4.15. The highest BCUT2D eigenvalue weighted by Crippen LogP contribution is 2.13. The summed E-state index contributed by atoms with van der Waals surface area (Å²) in [6.07, 6.45) is 0.415. The van der Waals surface area contributed by atoms with Crippen molar-refractivity contribution < 1.29 is 58.5 Å². The van der Waals surface area contributed by atoms with Gasteiger partial charge in [-0.25, -0.2) is 15.8 Å². The molecule has 0 aliphatic heterocycles. The van der Waals surface area contributed by atoms with Gasteiger partial charge >= 0.3 is 17.9 Å². The number of hydrogen-bond donors (Lipinski definition) is 12. The molecular formula is C33H45N11O12. The number of hydrazine groups is 1. The Morgan fingerprint density at radius 3 is 1.95 bits per heavy atom. The second kappa shape index (κ2) is 23.0. The van der Waals surface area contributed by atoms with Gasteiger partial charge in [0.25, 0.3) is 11.8 Å². The first-order valence-electron chi connectivity index (χ1n) is 17.1. The van der Waals surface area contributed by atoms with E-state index < -0.39 is 90.9 Å². The summed E-state index contributed by atoms with van der Waals surface area (Å²) >= 11 is 0. The number of amides is 6. The average molecular weight is 788 g/mol. The number of nitrogens with one attached hydrogen (secondary N) is 7. The first kappa shape index (κ1) is 45.2. The Kier molecular flexibility index (Phi) is 18.6. The molecular weight excluding hydrogens is 742 g/mol. The van der Waals surface area contributed by atoms with Crippen molar-refractivity contribution in [1.82, 2.24) is 36.6 Å². The van der Waals surface area contributed by atoms with Crippen LogP contribution in [0.4, 0.5) is 11.5 Å². The molecule has 0 fully saturated rings. The second-order valence-corrected chi connectivity index (χ2v) is 12.0. The molecule has 0 aliphatic carbocycles. The predicted molar refractivity (Wildman–Crippen MR) is 194 cm³/mol. The Morgan fingerprint density at radius 1 is 0.768 bits per heavy atom. The SMILES string of the molecule is CCCCC(NC(=O)[C@H](CC(=O)O)NC(=O)CCCNC(=O)c1ccc(NCc2cnc(NN)c(C(N)=O)n2)cc1)C(=O)N[C@@H](CC(=O)O)C(=O)NCC(=O)O. The third-order valence-electron chi connectivity index (χ3n) is 7.61. The number of aliphatic carboxylic acids is 3. The van der Waals surface area contributed by atoms with Gasteiger partial charge in [0.15, 0.2) is 11.5 Å². The van der Waals surface area contributed by atoms with Crippen molar-refractivity contribution in [3.8, 4) is 0 Å². The molecule has 0 aliphatic rings. The van der Waals surface area contributed by atoms with Crippen molar-refractivity contribution >= 4 is 64.9 Å². The fraction of sp³-hybridized carbons (Fsp3) is 0.424. The number of carbonyl (C=O) groups excluding carboxylic acids is 6. The van der Waals surface area contributed by atoms with Crippen LogP contribution in [-0.4, -0.2) is 110 Å². The Balaban J connectivity index is 1.93. The molecule has 0 radical (unpaired) electrons. The van der Waals surface area contributed by atoms with Gasteiger partial charge < -0.3 is 58.4 Å². The zero-order valence-corrected chi connectivity index (χ0v) is 30.3. The summed E-state index contributed by atoms with van der Waals surface area (Å²) in [5, 5.41) is 41.9.